The van der Waals surface area contributed by atoms with Crippen LogP contribution in [0.25, 0.3) is 0 Å². The number of carbonyl (C=O) groups excluding carboxylic acids is 2. The lowest BCUT2D eigenvalue weighted by molar-refractivity contribution is -0.135. The fourth-order valence-corrected chi connectivity index (χ4v) is 1.70. The Balaban J connectivity index is 2.39. The van der Waals surface area contributed by atoms with Crippen molar-refractivity contribution in [2.75, 3.05) is 18.6 Å². The van der Waals surface area contributed by atoms with Crippen LogP contribution >= 0.6 is 11.8 Å². The van der Waals surface area contributed by atoms with Crippen molar-refractivity contribution in [2.45, 2.75) is 6.92 Å². The third kappa shape index (κ3) is 3.02. The van der Waals surface area contributed by atoms with Crippen molar-refractivity contribution in [1.29, 1.82) is 0 Å². The summed E-state index contributed by atoms with van der Waals surface area (Å²) in [5.41, 5.74) is 0. The van der Waals surface area contributed by atoms with Crippen molar-refractivity contribution in [1.82, 2.24) is 10.6 Å². The molecule has 2 amide bonds. The Kier molecular flexibility index (Phi) is 3.94. The van der Waals surface area contributed by atoms with Crippen LogP contribution in [0.5, 0.6) is 0 Å². The molecule has 0 spiro atoms. The third-order valence-electron chi connectivity index (χ3n) is 1.68. The number of amides is 2. The van der Waals surface area contributed by atoms with Gasteiger partial charge in [-0.3, -0.25) is 25.2 Å². The maximum Gasteiger partial charge on any atom is 0.316 e. The van der Waals surface area contributed by atoms with Crippen LogP contribution in [0.2, 0.25) is 0 Å². The summed E-state index contributed by atoms with van der Waals surface area (Å²) in [6.07, 6.45) is 2.03. The number of carbonyl (C=O) groups is 2. The zero-order chi connectivity index (χ0) is 10.6. The van der Waals surface area contributed by atoms with Gasteiger partial charge in [0.25, 0.3) is 0 Å². The van der Waals surface area contributed by atoms with Crippen LogP contribution in [0, 0.1) is 5.92 Å². The third-order valence-corrected chi connectivity index (χ3v) is 2.58. The highest BCUT2D eigenvalue weighted by molar-refractivity contribution is 7.98. The van der Waals surface area contributed by atoms with Gasteiger partial charge in [-0.25, -0.2) is 0 Å². The van der Waals surface area contributed by atoms with E-state index in [0.29, 0.717) is 12.5 Å². The molecule has 1 heterocycles. The van der Waals surface area contributed by atoms with Crippen LogP contribution in [0.1, 0.15) is 6.92 Å². The molecule has 5 nitrogen and oxygen atoms in total. The Morgan fingerprint density at radius 3 is 2.43 bits per heavy atom. The van der Waals surface area contributed by atoms with Gasteiger partial charge < -0.3 is 0 Å². The molecule has 78 valence electrons. The number of nitrogens with zero attached hydrogens (tertiary/aromatic N) is 1. The molecule has 1 fully saturated rings. The second-order valence-corrected chi connectivity index (χ2v) is 4.07. The van der Waals surface area contributed by atoms with E-state index in [1.807, 2.05) is 6.26 Å². The lowest BCUT2D eigenvalue weighted by Gasteiger charge is -2.05. The molecule has 0 radical (unpaired) electrons. The van der Waals surface area contributed by atoms with Gasteiger partial charge in [-0.05, 0) is 17.9 Å². The number of rotatable bonds is 4. The van der Waals surface area contributed by atoms with Gasteiger partial charge in [0.05, 0.1) is 0 Å². The molecule has 1 aliphatic rings. The summed E-state index contributed by atoms with van der Waals surface area (Å²) in [5, 5.41) is 4.69. The second kappa shape index (κ2) is 4.99. The molecule has 1 aliphatic heterocycles. The van der Waals surface area contributed by atoms with E-state index in [-0.39, 0.29) is 5.96 Å². The van der Waals surface area contributed by atoms with Crippen LogP contribution in [-0.4, -0.2) is 36.3 Å². The highest BCUT2D eigenvalue weighted by Gasteiger charge is 2.24. The number of nitrogens with one attached hydrogen (secondary N) is 2. The van der Waals surface area contributed by atoms with Gasteiger partial charge in [-0.15, -0.1) is 0 Å². The van der Waals surface area contributed by atoms with Crippen LogP contribution in [0.15, 0.2) is 4.99 Å². The molecule has 1 saturated heterocycles. The molecule has 0 bridgehead atoms. The highest BCUT2D eigenvalue weighted by Crippen LogP contribution is 2.04. The van der Waals surface area contributed by atoms with Crippen molar-refractivity contribution in [2.24, 2.45) is 10.9 Å². The Bertz CT molecular complexity index is 260. The molecule has 6 heteroatoms. The first kappa shape index (κ1) is 11.0. The summed E-state index contributed by atoms with van der Waals surface area (Å²) in [6.45, 7) is 2.68. The van der Waals surface area contributed by atoms with Crippen molar-refractivity contribution in [3.63, 3.8) is 0 Å². The minimum atomic E-state index is -0.638. The fourth-order valence-electron chi connectivity index (χ4n) is 1.02. The first-order chi connectivity index (χ1) is 6.63. The predicted octanol–water partition coefficient (Wildman–Crippen LogP) is -0.413. The topological polar surface area (TPSA) is 70.6 Å². The van der Waals surface area contributed by atoms with E-state index in [0.717, 1.165) is 5.75 Å². The summed E-state index contributed by atoms with van der Waals surface area (Å²) in [4.78, 5) is 25.6. The van der Waals surface area contributed by atoms with Crippen molar-refractivity contribution >= 4 is 29.5 Å². The van der Waals surface area contributed by atoms with Crippen molar-refractivity contribution in [3.05, 3.63) is 0 Å². The number of aliphatic imine (C=N–C) groups is 1. The van der Waals surface area contributed by atoms with Gasteiger partial charge in [0.15, 0.2) is 0 Å². The molecule has 1 unspecified atom stereocenters. The number of thioether (sulfide) groups is 1. The molecule has 14 heavy (non-hydrogen) atoms. The van der Waals surface area contributed by atoms with Crippen LogP contribution < -0.4 is 10.6 Å². The Morgan fingerprint density at radius 2 is 1.93 bits per heavy atom. The lowest BCUT2D eigenvalue weighted by Crippen LogP contribution is -2.26. The quantitative estimate of drug-likeness (QED) is 0.626. The fraction of sp³-hybridized carbons (Fsp3) is 0.625. The molecule has 1 atom stereocenters. The minimum Gasteiger partial charge on any atom is -0.288 e. The number of guanidine groups is 1. The normalized spacial score (nSPS) is 17.7. The predicted molar refractivity (Wildman–Crippen MR) is 56.1 cm³/mol. The lowest BCUT2D eigenvalue weighted by atomic mass is 10.2. The van der Waals surface area contributed by atoms with E-state index in [4.69, 9.17) is 0 Å². The van der Waals surface area contributed by atoms with Gasteiger partial charge >= 0.3 is 11.8 Å². The standard InChI is InChI=1S/C8H13N3O2S/c1-5(4-14-2)3-9-8-10-6(12)7(13)11-8/h5H,3-4H2,1-2H3,(H2,9,10,11,12,13). The van der Waals surface area contributed by atoms with Crippen molar-refractivity contribution < 1.29 is 9.59 Å². The largest absolute Gasteiger partial charge is 0.316 e. The highest BCUT2D eigenvalue weighted by atomic mass is 32.2. The molecular formula is C8H13N3O2S. The summed E-state index contributed by atoms with van der Waals surface area (Å²) in [6, 6.07) is 0. The van der Waals surface area contributed by atoms with E-state index in [1.165, 1.54) is 0 Å². The molecule has 0 aromatic heterocycles. The van der Waals surface area contributed by atoms with Gasteiger partial charge in [0.2, 0.25) is 5.96 Å². The molecule has 0 saturated carbocycles. The average Bonchev–Trinajstić information content (AvgIpc) is 2.44. The van der Waals surface area contributed by atoms with Gasteiger partial charge in [-0.2, -0.15) is 11.8 Å². The number of hydrogen-bond donors (Lipinski definition) is 2. The Morgan fingerprint density at radius 1 is 1.36 bits per heavy atom. The van der Waals surface area contributed by atoms with Gasteiger partial charge in [0.1, 0.15) is 0 Å². The molecule has 0 aromatic carbocycles. The number of hydrogen-bond acceptors (Lipinski definition) is 4. The maximum atomic E-state index is 10.7. The summed E-state index contributed by atoms with van der Waals surface area (Å²) >= 11 is 1.75. The molecule has 0 aliphatic carbocycles. The summed E-state index contributed by atoms with van der Waals surface area (Å²) < 4.78 is 0. The molecule has 2 N–H and O–H groups in total. The van der Waals surface area contributed by atoms with Crippen LogP contribution in [-0.2, 0) is 9.59 Å². The molecule has 1 rings (SSSR count). The van der Waals surface area contributed by atoms with Crippen molar-refractivity contribution in [3.8, 4) is 0 Å². The summed E-state index contributed by atoms with van der Waals surface area (Å²) in [5.74, 6) is 0.445. The zero-order valence-electron chi connectivity index (χ0n) is 8.16. The van der Waals surface area contributed by atoms with Crippen LogP contribution in [0.4, 0.5) is 0 Å². The first-order valence-electron chi connectivity index (χ1n) is 4.29. The first-order valence-corrected chi connectivity index (χ1v) is 5.68. The summed E-state index contributed by atoms with van der Waals surface area (Å²) in [7, 11) is 0. The SMILES string of the molecule is CSCC(C)CN=C1NC(=O)C(=O)N1. The van der Waals surface area contributed by atoms with Crippen LogP contribution in [0.3, 0.4) is 0 Å². The van der Waals surface area contributed by atoms with E-state index in [1.54, 1.807) is 11.8 Å². The Hall–Kier alpha value is -1.04. The van der Waals surface area contributed by atoms with Gasteiger partial charge in [0, 0.05) is 6.54 Å². The molecular weight excluding hydrogens is 202 g/mol. The maximum absolute atomic E-state index is 10.7. The Labute approximate surface area is 86.7 Å². The van der Waals surface area contributed by atoms with E-state index >= 15 is 0 Å². The minimum absolute atomic E-state index is 0.271. The molecule has 0 aromatic rings. The second-order valence-electron chi connectivity index (χ2n) is 3.16. The average molecular weight is 215 g/mol. The zero-order valence-corrected chi connectivity index (χ0v) is 8.98. The van der Waals surface area contributed by atoms with E-state index < -0.39 is 11.8 Å². The monoisotopic (exact) mass is 215 g/mol. The van der Waals surface area contributed by atoms with E-state index in [9.17, 15) is 9.59 Å². The smallest absolute Gasteiger partial charge is 0.288 e. The van der Waals surface area contributed by atoms with Gasteiger partial charge in [-0.1, -0.05) is 6.92 Å². The van der Waals surface area contributed by atoms with E-state index in [2.05, 4.69) is 22.5 Å².